The first-order valence-corrected chi connectivity index (χ1v) is 15.0. The van der Waals surface area contributed by atoms with Crippen LogP contribution in [0.15, 0.2) is 52.9 Å². The van der Waals surface area contributed by atoms with Crippen molar-refractivity contribution in [3.63, 3.8) is 0 Å². The maximum Gasteiger partial charge on any atom is 0.255 e. The molecule has 3 heterocycles. The second-order valence-electron chi connectivity index (χ2n) is 12.1. The highest BCUT2D eigenvalue weighted by Crippen LogP contribution is 2.44. The number of rotatable bonds is 6. The zero-order chi connectivity index (χ0) is 27.3. The average molecular weight is 564 g/mol. The van der Waals surface area contributed by atoms with Crippen LogP contribution in [0.25, 0.3) is 5.57 Å². The standard InChI is InChI=1S/C31H34ClN3O3S/c1-31(2)12-11-20(26(14-31)19-3-5-22(32)6-4-19)15-34-17-24(18-34)39-23-7-8-25-21(13-23)16-35(30(25)38)27-9-10-28(36)33-29(27)37/h3-8,13,24,27H,9-12,14-18H2,1-2H3,(H,33,36,37). The van der Waals surface area contributed by atoms with Crippen molar-refractivity contribution in [2.45, 2.75) is 68.7 Å². The van der Waals surface area contributed by atoms with Gasteiger partial charge in [-0.1, -0.05) is 43.2 Å². The third-order valence-corrected chi connectivity index (χ3v) is 9.92. The van der Waals surface area contributed by atoms with Crippen molar-refractivity contribution in [2.24, 2.45) is 5.41 Å². The van der Waals surface area contributed by atoms with E-state index in [2.05, 4.69) is 42.3 Å². The Bertz CT molecular complexity index is 1360. The molecule has 2 aromatic carbocycles. The lowest BCUT2D eigenvalue weighted by molar-refractivity contribution is -0.136. The monoisotopic (exact) mass is 563 g/mol. The van der Waals surface area contributed by atoms with E-state index in [0.29, 0.717) is 29.2 Å². The van der Waals surface area contributed by atoms with Crippen LogP contribution in [0.5, 0.6) is 0 Å². The summed E-state index contributed by atoms with van der Waals surface area (Å²) in [5, 5.41) is 3.66. The third kappa shape index (κ3) is 5.54. The van der Waals surface area contributed by atoms with Gasteiger partial charge in [-0.3, -0.25) is 24.6 Å². The molecule has 0 aromatic heterocycles. The van der Waals surface area contributed by atoms with Gasteiger partial charge < -0.3 is 4.90 Å². The topological polar surface area (TPSA) is 69.7 Å². The van der Waals surface area contributed by atoms with E-state index in [4.69, 9.17) is 11.6 Å². The molecule has 0 radical (unpaired) electrons. The molecule has 4 aliphatic rings. The van der Waals surface area contributed by atoms with Gasteiger partial charge in [-0.2, -0.15) is 0 Å². The molecule has 2 saturated heterocycles. The van der Waals surface area contributed by atoms with E-state index in [1.165, 1.54) is 17.6 Å². The molecule has 1 aliphatic carbocycles. The van der Waals surface area contributed by atoms with Gasteiger partial charge in [-0.25, -0.2) is 0 Å². The average Bonchev–Trinajstić information content (AvgIpc) is 3.19. The van der Waals surface area contributed by atoms with E-state index >= 15 is 0 Å². The largest absolute Gasteiger partial charge is 0.322 e. The molecule has 3 aliphatic heterocycles. The number of hydrogen-bond donors (Lipinski definition) is 1. The van der Waals surface area contributed by atoms with Gasteiger partial charge >= 0.3 is 0 Å². The maximum atomic E-state index is 13.0. The van der Waals surface area contributed by atoms with Crippen molar-refractivity contribution in [3.8, 4) is 0 Å². The number of fused-ring (bicyclic) bond motifs is 1. The Hall–Kier alpha value is -2.61. The highest BCUT2D eigenvalue weighted by atomic mass is 35.5. The minimum absolute atomic E-state index is 0.119. The number of amides is 3. The molecule has 2 aromatic rings. The number of imide groups is 1. The van der Waals surface area contributed by atoms with Gasteiger partial charge in [0.1, 0.15) is 6.04 Å². The van der Waals surface area contributed by atoms with Gasteiger partial charge in [0.2, 0.25) is 11.8 Å². The van der Waals surface area contributed by atoms with Gasteiger partial charge in [-0.05, 0) is 78.1 Å². The molecule has 0 spiro atoms. The third-order valence-electron chi connectivity index (χ3n) is 8.51. The van der Waals surface area contributed by atoms with Crippen LogP contribution in [0, 0.1) is 5.41 Å². The van der Waals surface area contributed by atoms with Crippen molar-refractivity contribution in [1.29, 1.82) is 0 Å². The Balaban J connectivity index is 1.08. The number of allylic oxidation sites excluding steroid dienone is 1. The molecule has 3 amide bonds. The highest BCUT2D eigenvalue weighted by molar-refractivity contribution is 8.00. The number of nitrogens with zero attached hydrogens (tertiary/aromatic N) is 2. The molecular formula is C31H34ClN3O3S. The van der Waals surface area contributed by atoms with E-state index in [1.54, 1.807) is 10.5 Å². The number of piperidine rings is 1. The van der Waals surface area contributed by atoms with E-state index < -0.39 is 6.04 Å². The Morgan fingerprint density at radius 3 is 2.56 bits per heavy atom. The first-order valence-electron chi connectivity index (χ1n) is 13.8. The summed E-state index contributed by atoms with van der Waals surface area (Å²) in [6, 6.07) is 13.8. The molecule has 1 atom stereocenters. The van der Waals surface area contributed by atoms with Gasteiger partial charge in [0.05, 0.1) is 0 Å². The minimum atomic E-state index is -0.573. The summed E-state index contributed by atoms with van der Waals surface area (Å²) in [5.41, 5.74) is 6.30. The van der Waals surface area contributed by atoms with Crippen molar-refractivity contribution in [3.05, 3.63) is 69.8 Å². The second-order valence-corrected chi connectivity index (χ2v) is 13.9. The summed E-state index contributed by atoms with van der Waals surface area (Å²) in [4.78, 5) is 42.1. The predicted molar refractivity (Wildman–Crippen MR) is 155 cm³/mol. The quantitative estimate of drug-likeness (QED) is 0.467. The van der Waals surface area contributed by atoms with Crippen LogP contribution in [0.1, 0.15) is 67.4 Å². The molecule has 1 unspecified atom stereocenters. The Morgan fingerprint density at radius 1 is 1.05 bits per heavy atom. The van der Waals surface area contributed by atoms with Crippen molar-refractivity contribution in [2.75, 3.05) is 19.6 Å². The summed E-state index contributed by atoms with van der Waals surface area (Å²) in [5.74, 6) is -0.753. The summed E-state index contributed by atoms with van der Waals surface area (Å²) < 4.78 is 0. The number of benzene rings is 2. The molecule has 204 valence electrons. The lowest BCUT2D eigenvalue weighted by Gasteiger charge is -2.42. The molecule has 6 rings (SSSR count). The molecule has 6 nitrogen and oxygen atoms in total. The number of carbonyl (C=O) groups excluding carboxylic acids is 3. The normalized spacial score (nSPS) is 23.6. The number of hydrogen-bond acceptors (Lipinski definition) is 5. The number of halogens is 1. The molecule has 0 saturated carbocycles. The fourth-order valence-electron chi connectivity index (χ4n) is 6.28. The number of carbonyl (C=O) groups is 3. The fourth-order valence-corrected chi connectivity index (χ4v) is 7.71. The second kappa shape index (κ2) is 10.4. The van der Waals surface area contributed by atoms with Crippen LogP contribution >= 0.6 is 23.4 Å². The van der Waals surface area contributed by atoms with Crippen molar-refractivity contribution >= 4 is 46.7 Å². The molecule has 39 heavy (non-hydrogen) atoms. The van der Waals surface area contributed by atoms with E-state index in [9.17, 15) is 14.4 Å². The molecule has 8 heteroatoms. The summed E-state index contributed by atoms with van der Waals surface area (Å²) in [7, 11) is 0. The molecule has 0 bridgehead atoms. The summed E-state index contributed by atoms with van der Waals surface area (Å²) >= 11 is 8.03. The zero-order valence-electron chi connectivity index (χ0n) is 22.5. The maximum absolute atomic E-state index is 13.0. The SMILES string of the molecule is CC1(C)CCC(CN2CC(Sc3ccc4c(c3)CN(C3CCC(=O)NC3=O)C4=O)C2)=C(c2ccc(Cl)cc2)C1. The number of thioether (sulfide) groups is 1. The Labute approximate surface area is 239 Å². The lowest BCUT2D eigenvalue weighted by atomic mass is 9.72. The first kappa shape index (κ1) is 26.6. The summed E-state index contributed by atoms with van der Waals surface area (Å²) in [6.07, 6.45) is 4.11. The number of likely N-dealkylation sites (tertiary alicyclic amines) is 1. The van der Waals surface area contributed by atoms with Crippen LogP contribution < -0.4 is 5.32 Å². The van der Waals surface area contributed by atoms with Gasteiger partial charge in [0.15, 0.2) is 0 Å². The van der Waals surface area contributed by atoms with Crippen LogP contribution in [-0.4, -0.2) is 58.4 Å². The van der Waals surface area contributed by atoms with Crippen LogP contribution in [0.3, 0.4) is 0 Å². The van der Waals surface area contributed by atoms with Crippen LogP contribution in [0.2, 0.25) is 5.02 Å². The van der Waals surface area contributed by atoms with E-state index in [1.807, 2.05) is 36.0 Å². The van der Waals surface area contributed by atoms with Crippen molar-refractivity contribution < 1.29 is 14.4 Å². The van der Waals surface area contributed by atoms with Gasteiger partial charge in [0, 0.05) is 53.3 Å². The van der Waals surface area contributed by atoms with E-state index in [0.717, 1.165) is 48.0 Å². The van der Waals surface area contributed by atoms with Gasteiger partial charge in [-0.15, -0.1) is 11.8 Å². The first-order chi connectivity index (χ1) is 18.6. The van der Waals surface area contributed by atoms with Crippen LogP contribution in [-0.2, 0) is 16.1 Å². The smallest absolute Gasteiger partial charge is 0.255 e. The fraction of sp³-hybridized carbons (Fsp3) is 0.452. The molecular weight excluding hydrogens is 530 g/mol. The predicted octanol–water partition coefficient (Wildman–Crippen LogP) is 5.54. The summed E-state index contributed by atoms with van der Waals surface area (Å²) in [6.45, 7) is 8.26. The van der Waals surface area contributed by atoms with Crippen molar-refractivity contribution in [1.82, 2.24) is 15.1 Å². The van der Waals surface area contributed by atoms with Gasteiger partial charge in [0.25, 0.3) is 5.91 Å². The zero-order valence-corrected chi connectivity index (χ0v) is 24.0. The Morgan fingerprint density at radius 2 is 1.82 bits per heavy atom. The van der Waals surface area contributed by atoms with E-state index in [-0.39, 0.29) is 24.1 Å². The molecule has 2 fully saturated rings. The minimum Gasteiger partial charge on any atom is -0.322 e. The van der Waals surface area contributed by atoms with Crippen LogP contribution in [0.4, 0.5) is 0 Å². The highest BCUT2D eigenvalue weighted by Gasteiger charge is 2.39. The Kier molecular flexibility index (Phi) is 7.11. The lowest BCUT2D eigenvalue weighted by Crippen LogP contribution is -2.52. The molecule has 1 N–H and O–H groups in total. The number of nitrogens with one attached hydrogen (secondary N) is 1.